The molecule has 2 N–H and O–H groups in total. The molecule has 1 atom stereocenters. The van der Waals surface area contributed by atoms with Crippen molar-refractivity contribution < 1.29 is 9.59 Å². The molecule has 1 fully saturated rings. The van der Waals surface area contributed by atoms with Crippen LogP contribution in [-0.2, 0) is 11.3 Å². The highest BCUT2D eigenvalue weighted by atomic mass is 16.2. The minimum Gasteiger partial charge on any atom is -0.334 e. The number of benzene rings is 2. The van der Waals surface area contributed by atoms with Gasteiger partial charge in [-0.3, -0.25) is 4.79 Å². The molecule has 2 aromatic carbocycles. The second-order valence-corrected chi connectivity index (χ2v) is 5.98. The van der Waals surface area contributed by atoms with Crippen molar-refractivity contribution in [2.45, 2.75) is 25.9 Å². The van der Waals surface area contributed by atoms with Crippen LogP contribution in [0.25, 0.3) is 0 Å². The summed E-state index contributed by atoms with van der Waals surface area (Å²) in [7, 11) is 0. The highest BCUT2D eigenvalue weighted by Gasteiger charge is 2.33. The molecule has 0 bridgehead atoms. The molecule has 0 radical (unpaired) electrons. The Hall–Kier alpha value is -2.82. The van der Waals surface area contributed by atoms with Crippen LogP contribution in [0.2, 0.25) is 0 Å². The third kappa shape index (κ3) is 3.74. The van der Waals surface area contributed by atoms with Crippen molar-refractivity contribution in [3.8, 4) is 0 Å². The zero-order valence-electron chi connectivity index (χ0n) is 13.7. The Morgan fingerprint density at radius 2 is 1.83 bits per heavy atom. The average molecular weight is 323 g/mol. The van der Waals surface area contributed by atoms with Crippen LogP contribution < -0.4 is 15.5 Å². The summed E-state index contributed by atoms with van der Waals surface area (Å²) in [5, 5.41) is 5.56. The molecular weight excluding hydrogens is 302 g/mol. The van der Waals surface area contributed by atoms with E-state index in [4.69, 9.17) is 0 Å². The second kappa shape index (κ2) is 7.17. The van der Waals surface area contributed by atoms with E-state index in [0.717, 1.165) is 16.8 Å². The number of amides is 3. The van der Waals surface area contributed by atoms with E-state index >= 15 is 0 Å². The molecule has 3 amide bonds. The van der Waals surface area contributed by atoms with Gasteiger partial charge in [0.15, 0.2) is 0 Å². The number of nitrogens with one attached hydrogen (secondary N) is 2. The zero-order valence-corrected chi connectivity index (χ0v) is 13.7. The number of nitrogens with zero attached hydrogens (tertiary/aromatic N) is 1. The Morgan fingerprint density at radius 3 is 2.54 bits per heavy atom. The molecular formula is C19H21N3O2. The Morgan fingerprint density at radius 1 is 1.12 bits per heavy atom. The Kier molecular flexibility index (Phi) is 4.79. The first kappa shape index (κ1) is 16.1. The predicted molar refractivity (Wildman–Crippen MR) is 93.8 cm³/mol. The van der Waals surface area contributed by atoms with Crippen LogP contribution in [-0.4, -0.2) is 24.5 Å². The summed E-state index contributed by atoms with van der Waals surface area (Å²) in [6, 6.07) is 16.7. The number of carbonyl (C=O) groups is 2. The number of carbonyl (C=O) groups excluding carboxylic acids is 2. The Bertz CT molecular complexity index is 713. The summed E-state index contributed by atoms with van der Waals surface area (Å²) in [4.78, 5) is 26.2. The van der Waals surface area contributed by atoms with Crippen LogP contribution in [0.5, 0.6) is 0 Å². The monoisotopic (exact) mass is 323 g/mol. The second-order valence-electron chi connectivity index (χ2n) is 5.98. The van der Waals surface area contributed by atoms with E-state index in [0.29, 0.717) is 19.5 Å². The van der Waals surface area contributed by atoms with Crippen molar-refractivity contribution in [1.82, 2.24) is 10.6 Å². The minimum absolute atomic E-state index is 0.0614. The standard InChI is InChI=1S/C19H21N3O2/c1-14-7-9-16(10-8-14)22-12-11-17(18(22)23)21-19(24)20-13-15-5-3-2-4-6-15/h2-10,17H,11-13H2,1H3,(H2,20,21,24)/t17-/m1/s1. The summed E-state index contributed by atoms with van der Waals surface area (Å²) >= 11 is 0. The first-order chi connectivity index (χ1) is 11.6. The van der Waals surface area contributed by atoms with Crippen LogP contribution in [0.1, 0.15) is 17.5 Å². The van der Waals surface area contributed by atoms with Crippen molar-refractivity contribution in [3.63, 3.8) is 0 Å². The maximum Gasteiger partial charge on any atom is 0.315 e. The number of hydrogen-bond acceptors (Lipinski definition) is 2. The fourth-order valence-corrected chi connectivity index (χ4v) is 2.78. The zero-order chi connectivity index (χ0) is 16.9. The fourth-order valence-electron chi connectivity index (χ4n) is 2.78. The third-order valence-electron chi connectivity index (χ3n) is 4.15. The van der Waals surface area contributed by atoms with Gasteiger partial charge in [-0.15, -0.1) is 0 Å². The first-order valence-corrected chi connectivity index (χ1v) is 8.10. The summed E-state index contributed by atoms with van der Waals surface area (Å²) in [6.07, 6.45) is 0.617. The van der Waals surface area contributed by atoms with E-state index < -0.39 is 6.04 Å². The van der Waals surface area contributed by atoms with E-state index in [1.165, 1.54) is 0 Å². The number of hydrogen-bond donors (Lipinski definition) is 2. The maximum absolute atomic E-state index is 12.5. The van der Waals surface area contributed by atoms with Gasteiger partial charge >= 0.3 is 6.03 Å². The lowest BCUT2D eigenvalue weighted by Gasteiger charge is -2.17. The number of urea groups is 1. The van der Waals surface area contributed by atoms with Crippen molar-refractivity contribution >= 4 is 17.6 Å². The van der Waals surface area contributed by atoms with E-state index in [1.54, 1.807) is 4.90 Å². The summed E-state index contributed by atoms with van der Waals surface area (Å²) in [5.74, 6) is -0.0614. The molecule has 3 rings (SSSR count). The number of rotatable bonds is 4. The predicted octanol–water partition coefficient (Wildman–Crippen LogP) is 2.60. The SMILES string of the molecule is Cc1ccc(N2CC[C@@H](NC(=O)NCc3ccccc3)C2=O)cc1. The molecule has 1 aliphatic rings. The Labute approximate surface area is 141 Å². The topological polar surface area (TPSA) is 61.4 Å². The van der Waals surface area contributed by atoms with Gasteiger partial charge in [-0.25, -0.2) is 4.79 Å². The van der Waals surface area contributed by atoms with Gasteiger partial charge in [0.25, 0.3) is 0 Å². The molecule has 1 heterocycles. The van der Waals surface area contributed by atoms with Crippen molar-refractivity contribution in [2.24, 2.45) is 0 Å². The van der Waals surface area contributed by atoms with Gasteiger partial charge in [0.2, 0.25) is 5.91 Å². The molecule has 2 aromatic rings. The Balaban J connectivity index is 1.53. The smallest absolute Gasteiger partial charge is 0.315 e. The van der Waals surface area contributed by atoms with Crippen molar-refractivity contribution in [1.29, 1.82) is 0 Å². The van der Waals surface area contributed by atoms with Gasteiger partial charge in [-0.05, 0) is 31.0 Å². The number of anilines is 1. The summed E-state index contributed by atoms with van der Waals surface area (Å²) in [5.41, 5.74) is 3.05. The van der Waals surface area contributed by atoms with Gasteiger partial charge in [0.05, 0.1) is 0 Å². The van der Waals surface area contributed by atoms with Crippen LogP contribution >= 0.6 is 0 Å². The van der Waals surface area contributed by atoms with E-state index in [-0.39, 0.29) is 11.9 Å². The molecule has 0 saturated carbocycles. The molecule has 0 aromatic heterocycles. The lowest BCUT2D eigenvalue weighted by atomic mass is 10.2. The fraction of sp³-hybridized carbons (Fsp3) is 0.263. The van der Waals surface area contributed by atoms with Crippen LogP contribution in [0.15, 0.2) is 54.6 Å². The summed E-state index contributed by atoms with van der Waals surface area (Å²) in [6.45, 7) is 3.07. The van der Waals surface area contributed by atoms with Crippen LogP contribution in [0.3, 0.4) is 0 Å². The van der Waals surface area contributed by atoms with Gasteiger partial charge in [-0.2, -0.15) is 0 Å². The molecule has 0 aliphatic carbocycles. The number of aryl methyl sites for hydroxylation is 1. The normalized spacial score (nSPS) is 17.0. The van der Waals surface area contributed by atoms with Gasteiger partial charge in [0, 0.05) is 18.8 Å². The molecule has 0 unspecified atom stereocenters. The van der Waals surface area contributed by atoms with E-state index in [2.05, 4.69) is 10.6 Å². The molecule has 0 spiro atoms. The first-order valence-electron chi connectivity index (χ1n) is 8.10. The van der Waals surface area contributed by atoms with Crippen molar-refractivity contribution in [3.05, 3.63) is 65.7 Å². The molecule has 5 nitrogen and oxygen atoms in total. The van der Waals surface area contributed by atoms with Gasteiger partial charge < -0.3 is 15.5 Å². The van der Waals surface area contributed by atoms with E-state index in [9.17, 15) is 9.59 Å². The largest absolute Gasteiger partial charge is 0.334 e. The molecule has 1 saturated heterocycles. The van der Waals surface area contributed by atoms with E-state index in [1.807, 2.05) is 61.5 Å². The third-order valence-corrected chi connectivity index (χ3v) is 4.15. The van der Waals surface area contributed by atoms with Gasteiger partial charge in [0.1, 0.15) is 6.04 Å². The van der Waals surface area contributed by atoms with Crippen molar-refractivity contribution in [2.75, 3.05) is 11.4 Å². The van der Waals surface area contributed by atoms with Crippen LogP contribution in [0, 0.1) is 6.92 Å². The van der Waals surface area contributed by atoms with Crippen LogP contribution in [0.4, 0.5) is 10.5 Å². The minimum atomic E-state index is -0.470. The highest BCUT2D eigenvalue weighted by Crippen LogP contribution is 2.21. The summed E-state index contributed by atoms with van der Waals surface area (Å²) < 4.78 is 0. The van der Waals surface area contributed by atoms with Gasteiger partial charge in [-0.1, -0.05) is 48.0 Å². The quantitative estimate of drug-likeness (QED) is 0.908. The lowest BCUT2D eigenvalue weighted by Crippen LogP contribution is -2.45. The lowest BCUT2D eigenvalue weighted by molar-refractivity contribution is -0.118. The maximum atomic E-state index is 12.5. The molecule has 1 aliphatic heterocycles. The molecule has 24 heavy (non-hydrogen) atoms. The highest BCUT2D eigenvalue weighted by molar-refractivity contribution is 6.01. The molecule has 124 valence electrons. The average Bonchev–Trinajstić information content (AvgIpc) is 2.95. The molecule has 5 heteroatoms.